The summed E-state index contributed by atoms with van der Waals surface area (Å²) in [7, 11) is 1.48. The topological polar surface area (TPSA) is 75.7 Å². The lowest BCUT2D eigenvalue weighted by Crippen LogP contribution is -2.29. The van der Waals surface area contributed by atoms with Crippen molar-refractivity contribution in [2.24, 2.45) is 0 Å². The van der Waals surface area contributed by atoms with E-state index >= 15 is 0 Å². The van der Waals surface area contributed by atoms with Crippen LogP contribution in [-0.4, -0.2) is 24.8 Å². The Morgan fingerprint density at radius 3 is 2.25 bits per heavy atom. The van der Waals surface area contributed by atoms with Crippen LogP contribution < -0.4 is 15.0 Å². The summed E-state index contributed by atoms with van der Waals surface area (Å²) in [5, 5.41) is 2.71. The van der Waals surface area contributed by atoms with Crippen LogP contribution in [0.25, 0.3) is 0 Å². The third-order valence-corrected chi connectivity index (χ3v) is 3.83. The number of carbonyl (C=O) groups excluding carboxylic acids is 3. The first kappa shape index (κ1) is 15.7. The summed E-state index contributed by atoms with van der Waals surface area (Å²) in [6, 6.07) is 11.5. The van der Waals surface area contributed by atoms with Crippen molar-refractivity contribution in [1.29, 1.82) is 0 Å². The highest BCUT2D eigenvalue weighted by Crippen LogP contribution is 2.34. The van der Waals surface area contributed by atoms with Crippen LogP contribution in [-0.2, 0) is 4.79 Å². The molecule has 3 amide bonds. The molecule has 24 heavy (non-hydrogen) atoms. The molecule has 1 heterocycles. The van der Waals surface area contributed by atoms with Crippen LogP contribution in [0, 0.1) is 0 Å². The van der Waals surface area contributed by atoms with Crippen LogP contribution in [0.3, 0.4) is 0 Å². The van der Waals surface area contributed by atoms with Gasteiger partial charge in [0.15, 0.2) is 0 Å². The first-order valence-electron chi connectivity index (χ1n) is 7.52. The number of anilines is 2. The third kappa shape index (κ3) is 2.52. The highest BCUT2D eigenvalue weighted by atomic mass is 16.5. The minimum Gasteiger partial charge on any atom is -0.495 e. The van der Waals surface area contributed by atoms with Crippen molar-refractivity contribution in [3.8, 4) is 5.75 Å². The Bertz CT molecular complexity index is 810. The summed E-state index contributed by atoms with van der Waals surface area (Å²) in [5.41, 5.74) is 1.54. The maximum Gasteiger partial charge on any atom is 0.266 e. The van der Waals surface area contributed by atoms with E-state index in [0.717, 1.165) is 4.90 Å². The van der Waals surface area contributed by atoms with E-state index in [1.54, 1.807) is 49.4 Å². The second-order valence-corrected chi connectivity index (χ2v) is 5.28. The summed E-state index contributed by atoms with van der Waals surface area (Å²) in [4.78, 5) is 37.9. The number of imide groups is 1. The zero-order valence-corrected chi connectivity index (χ0v) is 13.3. The van der Waals surface area contributed by atoms with Crippen LogP contribution in [0.1, 0.15) is 34.1 Å². The number of nitrogens with zero attached hydrogens (tertiary/aromatic N) is 1. The van der Waals surface area contributed by atoms with E-state index in [9.17, 15) is 14.4 Å². The van der Waals surface area contributed by atoms with Crippen molar-refractivity contribution in [3.05, 3.63) is 53.6 Å². The highest BCUT2D eigenvalue weighted by Gasteiger charge is 2.36. The van der Waals surface area contributed by atoms with Crippen LogP contribution in [0.15, 0.2) is 42.5 Å². The Morgan fingerprint density at radius 2 is 1.71 bits per heavy atom. The average Bonchev–Trinajstić information content (AvgIpc) is 2.86. The number of rotatable bonds is 4. The minimum absolute atomic E-state index is 0.187. The maximum absolute atomic E-state index is 12.5. The lowest BCUT2D eigenvalue weighted by atomic mass is 10.1. The lowest BCUT2D eigenvalue weighted by molar-refractivity contribution is -0.115. The Kier molecular flexibility index (Phi) is 4.04. The minimum atomic E-state index is -0.381. The average molecular weight is 324 g/mol. The van der Waals surface area contributed by atoms with Gasteiger partial charge in [-0.15, -0.1) is 0 Å². The molecule has 0 atom stereocenters. The van der Waals surface area contributed by atoms with Gasteiger partial charge in [0, 0.05) is 6.42 Å². The van der Waals surface area contributed by atoms with Gasteiger partial charge >= 0.3 is 0 Å². The van der Waals surface area contributed by atoms with Gasteiger partial charge in [-0.2, -0.15) is 0 Å². The molecule has 2 aromatic carbocycles. The highest BCUT2D eigenvalue weighted by molar-refractivity contribution is 6.34. The van der Waals surface area contributed by atoms with E-state index in [2.05, 4.69) is 5.32 Å². The number of methoxy groups -OCH3 is 1. The van der Waals surface area contributed by atoms with Crippen LogP contribution in [0.5, 0.6) is 5.75 Å². The summed E-state index contributed by atoms with van der Waals surface area (Å²) in [5.74, 6) is -0.493. The van der Waals surface area contributed by atoms with Gasteiger partial charge in [0.05, 0.1) is 29.6 Å². The fourth-order valence-corrected chi connectivity index (χ4v) is 2.60. The van der Waals surface area contributed by atoms with Crippen LogP contribution in [0.4, 0.5) is 11.4 Å². The molecule has 0 saturated heterocycles. The van der Waals surface area contributed by atoms with Crippen molar-refractivity contribution in [2.75, 3.05) is 17.3 Å². The van der Waals surface area contributed by atoms with Gasteiger partial charge < -0.3 is 10.1 Å². The largest absolute Gasteiger partial charge is 0.495 e. The molecule has 6 nitrogen and oxygen atoms in total. The number of ether oxygens (including phenoxy) is 1. The Morgan fingerprint density at radius 1 is 1.08 bits per heavy atom. The van der Waals surface area contributed by atoms with Crippen LogP contribution in [0.2, 0.25) is 0 Å². The fraction of sp³-hybridized carbons (Fsp3) is 0.167. The first-order valence-corrected chi connectivity index (χ1v) is 7.52. The quantitative estimate of drug-likeness (QED) is 0.878. The number of hydrogen-bond acceptors (Lipinski definition) is 4. The van der Waals surface area contributed by atoms with E-state index in [0.29, 0.717) is 34.7 Å². The molecule has 1 aliphatic rings. The molecule has 0 unspecified atom stereocenters. The number of amides is 3. The molecular formula is C18H16N2O4. The summed E-state index contributed by atoms with van der Waals surface area (Å²) >= 11 is 0. The van der Waals surface area contributed by atoms with E-state index < -0.39 is 0 Å². The molecule has 0 bridgehead atoms. The molecular weight excluding hydrogens is 308 g/mol. The molecule has 2 aromatic rings. The van der Waals surface area contributed by atoms with Crippen LogP contribution >= 0.6 is 0 Å². The molecule has 0 saturated carbocycles. The Labute approximate surface area is 139 Å². The smallest absolute Gasteiger partial charge is 0.266 e. The van der Waals surface area contributed by atoms with Crippen molar-refractivity contribution >= 4 is 29.1 Å². The SMILES string of the molecule is CCC(=O)Nc1cc(N2C(=O)c3ccccc3C2=O)ccc1OC. The van der Waals surface area contributed by atoms with E-state index in [-0.39, 0.29) is 17.7 Å². The second kappa shape index (κ2) is 6.16. The lowest BCUT2D eigenvalue weighted by Gasteiger charge is -2.17. The Balaban J connectivity index is 2.02. The number of carbonyl (C=O) groups is 3. The van der Waals surface area contributed by atoms with E-state index in [4.69, 9.17) is 4.74 Å². The standard InChI is InChI=1S/C18H16N2O4/c1-3-16(21)19-14-10-11(8-9-15(14)24-2)20-17(22)12-6-4-5-7-13(12)18(20)23/h4-10H,3H2,1-2H3,(H,19,21). The molecule has 1 N–H and O–H groups in total. The van der Waals surface area contributed by atoms with Gasteiger partial charge in [0.2, 0.25) is 5.91 Å². The number of benzene rings is 2. The molecule has 0 spiro atoms. The molecule has 1 aliphatic heterocycles. The molecule has 0 aliphatic carbocycles. The fourth-order valence-electron chi connectivity index (χ4n) is 2.60. The summed E-state index contributed by atoms with van der Waals surface area (Å²) < 4.78 is 5.22. The van der Waals surface area contributed by atoms with Gasteiger partial charge in [-0.25, -0.2) is 4.90 Å². The van der Waals surface area contributed by atoms with Crippen molar-refractivity contribution in [2.45, 2.75) is 13.3 Å². The molecule has 6 heteroatoms. The van der Waals surface area contributed by atoms with E-state index in [1.165, 1.54) is 7.11 Å². The van der Waals surface area contributed by atoms with Crippen molar-refractivity contribution in [1.82, 2.24) is 0 Å². The molecule has 0 aromatic heterocycles. The second-order valence-electron chi connectivity index (χ2n) is 5.28. The number of hydrogen-bond donors (Lipinski definition) is 1. The predicted octanol–water partition coefficient (Wildman–Crippen LogP) is 2.84. The van der Waals surface area contributed by atoms with Gasteiger partial charge in [-0.3, -0.25) is 14.4 Å². The van der Waals surface area contributed by atoms with Gasteiger partial charge in [0.1, 0.15) is 5.75 Å². The first-order chi connectivity index (χ1) is 11.6. The van der Waals surface area contributed by atoms with E-state index in [1.807, 2.05) is 0 Å². The normalized spacial score (nSPS) is 13.0. The van der Waals surface area contributed by atoms with Crippen molar-refractivity contribution in [3.63, 3.8) is 0 Å². The predicted molar refractivity (Wildman–Crippen MR) is 89.5 cm³/mol. The monoisotopic (exact) mass is 324 g/mol. The maximum atomic E-state index is 12.5. The van der Waals surface area contributed by atoms with Crippen molar-refractivity contribution < 1.29 is 19.1 Å². The van der Waals surface area contributed by atoms with Gasteiger partial charge in [-0.1, -0.05) is 19.1 Å². The summed E-state index contributed by atoms with van der Waals surface area (Å²) in [6.45, 7) is 1.73. The molecule has 0 radical (unpaired) electrons. The third-order valence-electron chi connectivity index (χ3n) is 3.83. The molecule has 3 rings (SSSR count). The number of fused-ring (bicyclic) bond motifs is 1. The molecule has 0 fully saturated rings. The zero-order valence-electron chi connectivity index (χ0n) is 13.3. The number of nitrogens with one attached hydrogen (secondary N) is 1. The zero-order chi connectivity index (χ0) is 17.3. The molecule has 122 valence electrons. The van der Waals surface area contributed by atoms with Gasteiger partial charge in [0.25, 0.3) is 11.8 Å². The Hall–Kier alpha value is -3.15. The summed E-state index contributed by atoms with van der Waals surface area (Å²) in [6.07, 6.45) is 0.306. The van der Waals surface area contributed by atoms with Gasteiger partial charge in [-0.05, 0) is 30.3 Å².